The van der Waals surface area contributed by atoms with Crippen molar-refractivity contribution in [2.24, 2.45) is 0 Å². The summed E-state index contributed by atoms with van der Waals surface area (Å²) in [5, 5.41) is 0.359. The Morgan fingerprint density at radius 1 is 0.939 bits per heavy atom. The Bertz CT molecular complexity index is 1180. The van der Waals surface area contributed by atoms with Crippen LogP contribution in [0.15, 0.2) is 77.7 Å². The quantitative estimate of drug-likeness (QED) is 0.353. The number of benzene rings is 3. The zero-order chi connectivity index (χ0) is 23.2. The zero-order valence-corrected chi connectivity index (χ0v) is 19.6. The standard InChI is InChI=1S/C26H22ClNO4S/c1-18-6-12-22(13-7-18)31-15-14-28-25(29)24(33-26(28)30)16-20-4-2-3-5-23(20)32-17-19-8-10-21(27)11-9-19/h2-13,16H,14-15,17H2,1H3/b24-16-. The summed E-state index contributed by atoms with van der Waals surface area (Å²) in [4.78, 5) is 26.8. The van der Waals surface area contributed by atoms with Gasteiger partial charge in [-0.3, -0.25) is 14.5 Å². The fourth-order valence-corrected chi connectivity index (χ4v) is 4.18. The number of hydrogen-bond acceptors (Lipinski definition) is 5. The number of rotatable bonds is 8. The van der Waals surface area contributed by atoms with Crippen molar-refractivity contribution in [3.05, 3.63) is 99.4 Å². The molecule has 7 heteroatoms. The number of hydrogen-bond donors (Lipinski definition) is 0. The molecule has 1 fully saturated rings. The third-order valence-electron chi connectivity index (χ3n) is 4.99. The number of carbonyl (C=O) groups excluding carboxylic acids is 2. The third-order valence-corrected chi connectivity index (χ3v) is 6.15. The molecule has 0 unspecified atom stereocenters. The number of nitrogens with zero attached hydrogens (tertiary/aromatic N) is 1. The van der Waals surface area contributed by atoms with Crippen LogP contribution in [-0.2, 0) is 11.4 Å². The Morgan fingerprint density at radius 2 is 1.67 bits per heavy atom. The van der Waals surface area contributed by atoms with E-state index in [2.05, 4.69) is 0 Å². The molecule has 0 spiro atoms. The molecule has 0 N–H and O–H groups in total. The number of imide groups is 1. The Labute approximate surface area is 202 Å². The van der Waals surface area contributed by atoms with E-state index in [-0.39, 0.29) is 24.3 Å². The first-order valence-corrected chi connectivity index (χ1v) is 11.6. The second kappa shape index (κ2) is 10.6. The molecule has 0 aromatic heterocycles. The van der Waals surface area contributed by atoms with Gasteiger partial charge in [0.15, 0.2) is 0 Å². The normalized spacial score (nSPS) is 14.7. The summed E-state index contributed by atoms with van der Waals surface area (Å²) < 4.78 is 11.6. The van der Waals surface area contributed by atoms with Gasteiger partial charge < -0.3 is 9.47 Å². The van der Waals surface area contributed by atoms with Crippen LogP contribution in [0.2, 0.25) is 5.02 Å². The topological polar surface area (TPSA) is 55.8 Å². The van der Waals surface area contributed by atoms with Gasteiger partial charge in [0.1, 0.15) is 24.7 Å². The number of carbonyl (C=O) groups is 2. The first kappa shape index (κ1) is 23.0. The van der Waals surface area contributed by atoms with E-state index in [0.717, 1.165) is 28.5 Å². The largest absolute Gasteiger partial charge is 0.492 e. The number of amides is 2. The van der Waals surface area contributed by atoms with E-state index in [1.807, 2.05) is 79.7 Å². The fraction of sp³-hybridized carbons (Fsp3) is 0.154. The minimum atomic E-state index is -0.329. The molecular formula is C26H22ClNO4S. The van der Waals surface area contributed by atoms with Crippen LogP contribution in [0.25, 0.3) is 6.08 Å². The van der Waals surface area contributed by atoms with Crippen molar-refractivity contribution in [1.29, 1.82) is 0 Å². The monoisotopic (exact) mass is 479 g/mol. The number of ether oxygens (including phenoxy) is 2. The molecule has 1 aliphatic heterocycles. The molecule has 5 nitrogen and oxygen atoms in total. The van der Waals surface area contributed by atoms with Crippen molar-refractivity contribution in [2.45, 2.75) is 13.5 Å². The molecule has 1 saturated heterocycles. The van der Waals surface area contributed by atoms with Crippen LogP contribution in [0, 0.1) is 6.92 Å². The van der Waals surface area contributed by atoms with Crippen LogP contribution in [0.1, 0.15) is 16.7 Å². The molecule has 1 aliphatic rings. The highest BCUT2D eigenvalue weighted by Gasteiger charge is 2.35. The Kier molecular flexibility index (Phi) is 7.37. The van der Waals surface area contributed by atoms with Crippen LogP contribution in [-0.4, -0.2) is 29.2 Å². The molecule has 3 aromatic carbocycles. The summed E-state index contributed by atoms with van der Waals surface area (Å²) in [6.07, 6.45) is 1.70. The van der Waals surface area contributed by atoms with Crippen LogP contribution < -0.4 is 9.47 Å². The van der Waals surface area contributed by atoms with Crippen molar-refractivity contribution in [3.8, 4) is 11.5 Å². The van der Waals surface area contributed by atoms with Gasteiger partial charge in [-0.15, -0.1) is 0 Å². The first-order chi connectivity index (χ1) is 16.0. The van der Waals surface area contributed by atoms with E-state index < -0.39 is 0 Å². The number of para-hydroxylation sites is 1. The lowest BCUT2D eigenvalue weighted by atomic mass is 10.1. The molecule has 0 radical (unpaired) electrons. The van der Waals surface area contributed by atoms with E-state index in [1.165, 1.54) is 4.90 Å². The Morgan fingerprint density at radius 3 is 2.42 bits per heavy atom. The van der Waals surface area contributed by atoms with Crippen molar-refractivity contribution in [3.63, 3.8) is 0 Å². The van der Waals surface area contributed by atoms with Crippen LogP contribution >= 0.6 is 23.4 Å². The molecule has 168 valence electrons. The molecule has 2 amide bonds. The maximum absolute atomic E-state index is 12.8. The highest BCUT2D eigenvalue weighted by Crippen LogP contribution is 2.34. The average molecular weight is 480 g/mol. The highest BCUT2D eigenvalue weighted by atomic mass is 35.5. The summed E-state index contributed by atoms with van der Waals surface area (Å²) in [5.74, 6) is 1.00. The van der Waals surface area contributed by atoms with Gasteiger partial charge in [0.2, 0.25) is 0 Å². The van der Waals surface area contributed by atoms with Crippen molar-refractivity contribution in [2.75, 3.05) is 13.2 Å². The number of thioether (sulfide) groups is 1. The molecule has 33 heavy (non-hydrogen) atoms. The molecule has 0 aliphatic carbocycles. The lowest BCUT2D eigenvalue weighted by Gasteiger charge is -2.13. The van der Waals surface area contributed by atoms with Crippen molar-refractivity contribution >= 4 is 40.6 Å². The van der Waals surface area contributed by atoms with Gasteiger partial charge in [-0.05, 0) is 60.7 Å². The lowest BCUT2D eigenvalue weighted by Crippen LogP contribution is -2.32. The zero-order valence-electron chi connectivity index (χ0n) is 18.0. The second-order valence-electron chi connectivity index (χ2n) is 7.45. The summed E-state index contributed by atoms with van der Waals surface area (Å²) in [7, 11) is 0. The molecule has 0 atom stereocenters. The van der Waals surface area contributed by atoms with E-state index in [4.69, 9.17) is 21.1 Å². The lowest BCUT2D eigenvalue weighted by molar-refractivity contribution is -0.123. The van der Waals surface area contributed by atoms with Crippen molar-refractivity contribution < 1.29 is 19.1 Å². The summed E-state index contributed by atoms with van der Waals surface area (Å²) >= 11 is 6.86. The van der Waals surface area contributed by atoms with Crippen LogP contribution in [0.5, 0.6) is 11.5 Å². The van der Waals surface area contributed by atoms with Gasteiger partial charge in [-0.2, -0.15) is 0 Å². The van der Waals surface area contributed by atoms with Gasteiger partial charge >= 0.3 is 0 Å². The molecule has 3 aromatic rings. The molecule has 1 heterocycles. The Hall–Kier alpha value is -3.22. The van der Waals surface area contributed by atoms with Crippen LogP contribution in [0.3, 0.4) is 0 Å². The summed E-state index contributed by atoms with van der Waals surface area (Å²) in [5.41, 5.74) is 2.84. The van der Waals surface area contributed by atoms with E-state index in [1.54, 1.807) is 6.08 Å². The first-order valence-electron chi connectivity index (χ1n) is 10.4. The van der Waals surface area contributed by atoms with E-state index in [0.29, 0.717) is 28.0 Å². The molecule has 0 saturated carbocycles. The van der Waals surface area contributed by atoms with Gasteiger partial charge in [-0.25, -0.2) is 0 Å². The predicted molar refractivity (Wildman–Crippen MR) is 132 cm³/mol. The number of aryl methyl sites for hydroxylation is 1. The number of halogens is 1. The maximum Gasteiger partial charge on any atom is 0.293 e. The Balaban J connectivity index is 1.40. The molecule has 4 rings (SSSR count). The highest BCUT2D eigenvalue weighted by molar-refractivity contribution is 8.18. The fourth-order valence-electron chi connectivity index (χ4n) is 3.20. The molecule has 0 bridgehead atoms. The summed E-state index contributed by atoms with van der Waals surface area (Å²) in [6, 6.07) is 22.5. The van der Waals surface area contributed by atoms with Gasteiger partial charge in [0.25, 0.3) is 11.1 Å². The SMILES string of the molecule is Cc1ccc(OCCN2C(=O)S/C(=C\c3ccccc3OCc3ccc(Cl)cc3)C2=O)cc1. The second-order valence-corrected chi connectivity index (χ2v) is 8.88. The van der Waals surface area contributed by atoms with Gasteiger partial charge in [-0.1, -0.05) is 59.6 Å². The van der Waals surface area contributed by atoms with Gasteiger partial charge in [0.05, 0.1) is 11.4 Å². The average Bonchev–Trinajstić information content (AvgIpc) is 3.08. The van der Waals surface area contributed by atoms with Crippen LogP contribution in [0.4, 0.5) is 4.79 Å². The maximum atomic E-state index is 12.8. The smallest absolute Gasteiger partial charge is 0.293 e. The predicted octanol–water partition coefficient (Wildman–Crippen LogP) is 6.34. The van der Waals surface area contributed by atoms with E-state index in [9.17, 15) is 9.59 Å². The minimum absolute atomic E-state index is 0.185. The van der Waals surface area contributed by atoms with Gasteiger partial charge in [0, 0.05) is 10.6 Å². The molecular weight excluding hydrogens is 458 g/mol. The summed E-state index contributed by atoms with van der Waals surface area (Å²) in [6.45, 7) is 2.77. The van der Waals surface area contributed by atoms with Crippen molar-refractivity contribution in [1.82, 2.24) is 4.90 Å². The van der Waals surface area contributed by atoms with E-state index >= 15 is 0 Å². The minimum Gasteiger partial charge on any atom is -0.492 e. The third kappa shape index (κ3) is 5.97.